The van der Waals surface area contributed by atoms with Gasteiger partial charge in [0, 0.05) is 18.3 Å². The van der Waals surface area contributed by atoms with Crippen LogP contribution in [-0.4, -0.2) is 29.6 Å². The summed E-state index contributed by atoms with van der Waals surface area (Å²) in [4.78, 5) is 0.883. The molecule has 3 heterocycles. The average Bonchev–Trinajstić information content (AvgIpc) is 2.76. The Balaban J connectivity index is 1.72. The van der Waals surface area contributed by atoms with E-state index in [0.29, 0.717) is 12.5 Å². The molecule has 86 valence electrons. The lowest BCUT2D eigenvalue weighted by Crippen LogP contribution is -2.01. The zero-order chi connectivity index (χ0) is 11.2. The number of hydrogen-bond acceptors (Lipinski definition) is 5. The van der Waals surface area contributed by atoms with Gasteiger partial charge in [0.05, 0.1) is 6.54 Å². The molecule has 0 unspecified atom stereocenters. The van der Waals surface area contributed by atoms with Gasteiger partial charge in [-0.3, -0.25) is 4.68 Å². The quantitative estimate of drug-likeness (QED) is 0.699. The van der Waals surface area contributed by atoms with Crippen LogP contribution in [0.5, 0.6) is 0 Å². The third-order valence-electron chi connectivity index (χ3n) is 2.86. The van der Waals surface area contributed by atoms with Crippen LogP contribution < -0.4 is 0 Å². The molecule has 1 saturated carbocycles. The fourth-order valence-corrected chi connectivity index (χ4v) is 2.70. The molecule has 7 heteroatoms. The molecule has 0 aromatic carbocycles. The Morgan fingerprint density at radius 2 is 2.29 bits per heavy atom. The lowest BCUT2D eigenvalue weighted by Gasteiger charge is -1.95. The molecule has 3 aromatic rings. The monoisotopic (exact) mass is 246 g/mol. The van der Waals surface area contributed by atoms with Gasteiger partial charge in [-0.15, -0.1) is 10.2 Å². The summed E-state index contributed by atoms with van der Waals surface area (Å²) in [5.74, 6) is 1.59. The van der Waals surface area contributed by atoms with Crippen LogP contribution in [0.15, 0.2) is 18.5 Å². The zero-order valence-electron chi connectivity index (χ0n) is 9.02. The smallest absolute Gasteiger partial charge is 0.234 e. The van der Waals surface area contributed by atoms with E-state index in [1.165, 1.54) is 12.8 Å². The standard InChI is InChI=1S/C10H10N6S/c1-4-11-15(5-1)6-8-14-16-9(7-2-3-7)12-13-10(16)17-8/h1,4-5,7H,2-3,6H2. The molecule has 0 aliphatic heterocycles. The molecule has 3 aromatic heterocycles. The molecule has 0 amide bonds. The molecule has 1 aliphatic rings. The van der Waals surface area contributed by atoms with Crippen molar-refractivity contribution < 1.29 is 0 Å². The fraction of sp³-hybridized carbons (Fsp3) is 0.400. The first-order chi connectivity index (χ1) is 8.40. The van der Waals surface area contributed by atoms with Crippen molar-refractivity contribution in [2.45, 2.75) is 25.3 Å². The summed E-state index contributed by atoms with van der Waals surface area (Å²) in [5.41, 5.74) is 0. The highest BCUT2D eigenvalue weighted by molar-refractivity contribution is 7.16. The van der Waals surface area contributed by atoms with E-state index in [1.807, 2.05) is 21.5 Å². The molecule has 0 atom stereocenters. The first-order valence-electron chi connectivity index (χ1n) is 5.58. The van der Waals surface area contributed by atoms with E-state index in [-0.39, 0.29) is 0 Å². The first kappa shape index (κ1) is 9.29. The highest BCUT2D eigenvalue weighted by Crippen LogP contribution is 2.39. The van der Waals surface area contributed by atoms with Crippen LogP contribution in [0.3, 0.4) is 0 Å². The summed E-state index contributed by atoms with van der Waals surface area (Å²) in [6, 6.07) is 1.91. The van der Waals surface area contributed by atoms with E-state index in [2.05, 4.69) is 20.4 Å². The molecular formula is C10H10N6S. The molecule has 0 bridgehead atoms. The predicted molar refractivity (Wildman–Crippen MR) is 62.0 cm³/mol. The largest absolute Gasteiger partial charge is 0.266 e. The van der Waals surface area contributed by atoms with E-state index >= 15 is 0 Å². The topological polar surface area (TPSA) is 60.9 Å². The van der Waals surface area contributed by atoms with Gasteiger partial charge in [-0.1, -0.05) is 11.3 Å². The Kier molecular flexibility index (Phi) is 1.84. The molecule has 0 saturated heterocycles. The zero-order valence-corrected chi connectivity index (χ0v) is 9.84. The van der Waals surface area contributed by atoms with Gasteiger partial charge in [0.1, 0.15) is 5.01 Å². The summed E-state index contributed by atoms with van der Waals surface area (Å²) in [6.45, 7) is 0.700. The van der Waals surface area contributed by atoms with Gasteiger partial charge in [0.2, 0.25) is 4.96 Å². The molecule has 17 heavy (non-hydrogen) atoms. The maximum absolute atomic E-state index is 4.56. The summed E-state index contributed by atoms with van der Waals surface area (Å²) in [7, 11) is 0. The summed E-state index contributed by atoms with van der Waals surface area (Å²) in [6.07, 6.45) is 6.14. The van der Waals surface area contributed by atoms with Crippen molar-refractivity contribution in [1.29, 1.82) is 0 Å². The maximum Gasteiger partial charge on any atom is 0.234 e. The third-order valence-corrected chi connectivity index (χ3v) is 3.74. The van der Waals surface area contributed by atoms with Gasteiger partial charge in [-0.25, -0.2) is 0 Å². The number of rotatable bonds is 3. The van der Waals surface area contributed by atoms with Crippen molar-refractivity contribution in [2.24, 2.45) is 0 Å². The second-order valence-corrected chi connectivity index (χ2v) is 5.27. The third kappa shape index (κ3) is 1.54. The van der Waals surface area contributed by atoms with Gasteiger partial charge in [-0.05, 0) is 18.9 Å². The van der Waals surface area contributed by atoms with E-state index in [9.17, 15) is 0 Å². The van der Waals surface area contributed by atoms with Crippen LogP contribution in [0.1, 0.15) is 29.6 Å². The minimum Gasteiger partial charge on any atom is -0.266 e. The molecule has 6 nitrogen and oxygen atoms in total. The molecule has 1 fully saturated rings. The Bertz CT molecular complexity index is 648. The number of nitrogens with zero attached hydrogens (tertiary/aromatic N) is 6. The van der Waals surface area contributed by atoms with Crippen LogP contribution in [0.2, 0.25) is 0 Å². The molecule has 0 spiro atoms. The average molecular weight is 246 g/mol. The lowest BCUT2D eigenvalue weighted by molar-refractivity contribution is 0.668. The van der Waals surface area contributed by atoms with Crippen molar-refractivity contribution in [1.82, 2.24) is 29.6 Å². The number of fused-ring (bicyclic) bond motifs is 1. The van der Waals surface area contributed by atoms with Crippen LogP contribution in [0.25, 0.3) is 4.96 Å². The Morgan fingerprint density at radius 3 is 3.06 bits per heavy atom. The van der Waals surface area contributed by atoms with Crippen LogP contribution in [0, 0.1) is 0 Å². The highest BCUT2D eigenvalue weighted by atomic mass is 32.1. The summed E-state index contributed by atoms with van der Waals surface area (Å²) in [5, 5.41) is 18.1. The molecule has 4 rings (SSSR count). The second kappa shape index (κ2) is 3.36. The number of hydrogen-bond donors (Lipinski definition) is 0. The van der Waals surface area contributed by atoms with Gasteiger partial charge >= 0.3 is 0 Å². The van der Waals surface area contributed by atoms with E-state index in [4.69, 9.17) is 0 Å². The first-order valence-corrected chi connectivity index (χ1v) is 6.40. The maximum atomic E-state index is 4.56. The lowest BCUT2D eigenvalue weighted by atomic mass is 10.4. The number of aromatic nitrogens is 6. The van der Waals surface area contributed by atoms with Crippen molar-refractivity contribution in [2.75, 3.05) is 0 Å². The Labute approximate surface area is 101 Å². The predicted octanol–water partition coefficient (Wildman–Crippen LogP) is 1.31. The van der Waals surface area contributed by atoms with Crippen LogP contribution in [0.4, 0.5) is 0 Å². The minimum atomic E-state index is 0.574. The van der Waals surface area contributed by atoms with Gasteiger partial charge in [0.25, 0.3) is 0 Å². The van der Waals surface area contributed by atoms with E-state index in [1.54, 1.807) is 17.5 Å². The van der Waals surface area contributed by atoms with Gasteiger partial charge in [0.15, 0.2) is 5.82 Å². The van der Waals surface area contributed by atoms with E-state index in [0.717, 1.165) is 15.8 Å². The van der Waals surface area contributed by atoms with Crippen molar-refractivity contribution in [3.8, 4) is 0 Å². The van der Waals surface area contributed by atoms with Crippen molar-refractivity contribution >= 4 is 16.3 Å². The second-order valence-electron chi connectivity index (χ2n) is 4.23. The Morgan fingerprint density at radius 1 is 1.35 bits per heavy atom. The summed E-state index contributed by atoms with van der Waals surface area (Å²) < 4.78 is 3.75. The highest BCUT2D eigenvalue weighted by Gasteiger charge is 2.29. The van der Waals surface area contributed by atoms with Crippen LogP contribution in [-0.2, 0) is 6.54 Å². The van der Waals surface area contributed by atoms with Crippen LogP contribution >= 0.6 is 11.3 Å². The summed E-state index contributed by atoms with van der Waals surface area (Å²) >= 11 is 1.58. The molecule has 0 N–H and O–H groups in total. The molecular weight excluding hydrogens is 236 g/mol. The Hall–Kier alpha value is -1.76. The molecule has 1 aliphatic carbocycles. The minimum absolute atomic E-state index is 0.574. The molecule has 0 radical (unpaired) electrons. The SMILES string of the molecule is c1cnn(Cc2nn3c(C4CC4)nnc3s2)c1. The fourth-order valence-electron chi connectivity index (χ4n) is 1.86. The normalized spacial score (nSPS) is 15.8. The van der Waals surface area contributed by atoms with E-state index < -0.39 is 0 Å². The van der Waals surface area contributed by atoms with Gasteiger partial charge < -0.3 is 0 Å². The van der Waals surface area contributed by atoms with Crippen molar-refractivity contribution in [3.63, 3.8) is 0 Å². The van der Waals surface area contributed by atoms with Gasteiger partial charge in [-0.2, -0.15) is 14.7 Å². The van der Waals surface area contributed by atoms with Crippen molar-refractivity contribution in [3.05, 3.63) is 29.3 Å².